The summed E-state index contributed by atoms with van der Waals surface area (Å²) in [6.07, 6.45) is 0.743. The molecule has 0 aliphatic carbocycles. The van der Waals surface area contributed by atoms with Gasteiger partial charge in [-0.15, -0.1) is 0 Å². The molecule has 0 radical (unpaired) electrons. The molecule has 126 valence electrons. The van der Waals surface area contributed by atoms with Gasteiger partial charge in [-0.2, -0.15) is 11.8 Å². The summed E-state index contributed by atoms with van der Waals surface area (Å²) in [4.78, 5) is 14.6. The number of rotatable bonds is 3. The summed E-state index contributed by atoms with van der Waals surface area (Å²) in [5.41, 5.74) is 1.31. The number of carbonyl (C=O) groups is 1. The summed E-state index contributed by atoms with van der Waals surface area (Å²) in [6, 6.07) is 14.2. The number of para-hydroxylation sites is 1. The summed E-state index contributed by atoms with van der Waals surface area (Å²) in [6.45, 7) is 1.27. The van der Waals surface area contributed by atoms with Gasteiger partial charge >= 0.3 is 0 Å². The number of hydrogen-bond acceptors (Lipinski definition) is 3. The highest BCUT2D eigenvalue weighted by molar-refractivity contribution is 7.99. The first-order valence-electron chi connectivity index (χ1n) is 7.99. The average Bonchev–Trinajstić information content (AvgIpc) is 2.87. The zero-order valence-electron chi connectivity index (χ0n) is 13.6. The summed E-state index contributed by atoms with van der Waals surface area (Å²) in [7, 11) is 1.57. The van der Waals surface area contributed by atoms with E-state index in [0.717, 1.165) is 17.7 Å². The van der Waals surface area contributed by atoms with E-state index in [1.807, 2.05) is 29.2 Å². The molecule has 0 bridgehead atoms. The molecule has 3 rings (SSSR count). The van der Waals surface area contributed by atoms with Gasteiger partial charge in [0.15, 0.2) is 0 Å². The fourth-order valence-electron chi connectivity index (χ4n) is 2.95. The Labute approximate surface area is 145 Å². The maximum Gasteiger partial charge on any atom is 0.257 e. The lowest BCUT2D eigenvalue weighted by atomic mass is 10.1. The SMILES string of the molecule is COc1ccccc1C(=O)N1CCSC(c2ccccc2F)CC1. The minimum Gasteiger partial charge on any atom is -0.496 e. The van der Waals surface area contributed by atoms with E-state index >= 15 is 0 Å². The first-order chi connectivity index (χ1) is 11.7. The second kappa shape index (κ2) is 7.71. The molecular weight excluding hydrogens is 325 g/mol. The Morgan fingerprint density at radius 2 is 1.92 bits per heavy atom. The Hall–Kier alpha value is -2.01. The summed E-state index contributed by atoms with van der Waals surface area (Å²) in [5, 5.41) is 0.0849. The van der Waals surface area contributed by atoms with E-state index in [9.17, 15) is 9.18 Å². The molecule has 1 heterocycles. The Balaban J connectivity index is 1.74. The first-order valence-corrected chi connectivity index (χ1v) is 9.04. The molecule has 1 aliphatic rings. The number of methoxy groups -OCH3 is 1. The number of thioether (sulfide) groups is 1. The van der Waals surface area contributed by atoms with Crippen molar-refractivity contribution in [3.05, 3.63) is 65.5 Å². The number of hydrogen-bond donors (Lipinski definition) is 0. The van der Waals surface area contributed by atoms with Crippen LogP contribution in [0.5, 0.6) is 5.75 Å². The molecule has 0 N–H and O–H groups in total. The molecule has 1 aliphatic heterocycles. The maximum absolute atomic E-state index is 14.0. The fraction of sp³-hybridized carbons (Fsp3) is 0.316. The topological polar surface area (TPSA) is 29.5 Å². The zero-order chi connectivity index (χ0) is 16.9. The number of halogens is 1. The molecule has 0 spiro atoms. The third-order valence-corrected chi connectivity index (χ3v) is 5.53. The highest BCUT2D eigenvalue weighted by Gasteiger charge is 2.25. The lowest BCUT2D eigenvalue weighted by Gasteiger charge is -2.21. The van der Waals surface area contributed by atoms with Crippen molar-refractivity contribution < 1.29 is 13.9 Å². The van der Waals surface area contributed by atoms with Gasteiger partial charge in [-0.1, -0.05) is 30.3 Å². The molecule has 2 aromatic rings. The molecule has 1 unspecified atom stereocenters. The van der Waals surface area contributed by atoms with Crippen LogP contribution in [0.1, 0.15) is 27.6 Å². The van der Waals surface area contributed by atoms with Crippen molar-refractivity contribution >= 4 is 17.7 Å². The molecule has 1 atom stereocenters. The normalized spacial score (nSPS) is 18.1. The van der Waals surface area contributed by atoms with Crippen molar-refractivity contribution in [1.82, 2.24) is 4.90 Å². The van der Waals surface area contributed by atoms with Crippen LogP contribution >= 0.6 is 11.8 Å². The lowest BCUT2D eigenvalue weighted by molar-refractivity contribution is 0.0763. The van der Waals surface area contributed by atoms with Gasteiger partial charge in [0.1, 0.15) is 11.6 Å². The van der Waals surface area contributed by atoms with Gasteiger partial charge < -0.3 is 9.64 Å². The quantitative estimate of drug-likeness (QED) is 0.837. The average molecular weight is 345 g/mol. The van der Waals surface area contributed by atoms with Crippen LogP contribution in [0.3, 0.4) is 0 Å². The van der Waals surface area contributed by atoms with E-state index in [0.29, 0.717) is 24.4 Å². The van der Waals surface area contributed by atoms with Crippen molar-refractivity contribution in [2.24, 2.45) is 0 Å². The van der Waals surface area contributed by atoms with E-state index in [1.54, 1.807) is 37.1 Å². The first kappa shape index (κ1) is 16.8. The van der Waals surface area contributed by atoms with Gasteiger partial charge in [-0.05, 0) is 24.6 Å². The minimum atomic E-state index is -0.167. The second-order valence-electron chi connectivity index (χ2n) is 5.66. The van der Waals surface area contributed by atoms with Crippen LogP contribution < -0.4 is 4.74 Å². The van der Waals surface area contributed by atoms with Gasteiger partial charge in [0.2, 0.25) is 0 Å². The van der Waals surface area contributed by atoms with E-state index < -0.39 is 0 Å². The summed E-state index contributed by atoms with van der Waals surface area (Å²) < 4.78 is 19.3. The molecule has 1 fully saturated rings. The number of ether oxygens (including phenoxy) is 1. The predicted octanol–water partition coefficient (Wildman–Crippen LogP) is 4.15. The molecular formula is C19H20FNO2S. The molecule has 0 saturated carbocycles. The van der Waals surface area contributed by atoms with E-state index in [2.05, 4.69) is 0 Å². The number of nitrogens with zero attached hydrogens (tertiary/aromatic N) is 1. The van der Waals surface area contributed by atoms with Crippen LogP contribution in [-0.4, -0.2) is 36.8 Å². The molecule has 3 nitrogen and oxygen atoms in total. The third kappa shape index (κ3) is 3.56. The maximum atomic E-state index is 14.0. The van der Waals surface area contributed by atoms with Crippen molar-refractivity contribution in [3.8, 4) is 5.75 Å². The minimum absolute atomic E-state index is 0.0257. The highest BCUT2D eigenvalue weighted by Crippen LogP contribution is 2.36. The fourth-order valence-corrected chi connectivity index (χ4v) is 4.20. The van der Waals surface area contributed by atoms with E-state index in [4.69, 9.17) is 4.74 Å². The molecule has 24 heavy (non-hydrogen) atoms. The van der Waals surface area contributed by atoms with Gasteiger partial charge in [-0.3, -0.25) is 4.79 Å². The van der Waals surface area contributed by atoms with Crippen molar-refractivity contribution in [2.75, 3.05) is 26.0 Å². The van der Waals surface area contributed by atoms with Gasteiger partial charge in [0, 0.05) is 29.7 Å². The van der Waals surface area contributed by atoms with Crippen LogP contribution in [0.25, 0.3) is 0 Å². The molecule has 0 aromatic heterocycles. The lowest BCUT2D eigenvalue weighted by Crippen LogP contribution is -2.33. The Morgan fingerprint density at radius 3 is 2.71 bits per heavy atom. The smallest absolute Gasteiger partial charge is 0.257 e. The highest BCUT2D eigenvalue weighted by atomic mass is 32.2. The monoisotopic (exact) mass is 345 g/mol. The standard InChI is InChI=1S/C19H20FNO2S/c1-23-17-9-5-3-7-15(17)19(22)21-11-10-18(24-13-12-21)14-6-2-4-8-16(14)20/h2-9,18H,10-13H2,1H3. The van der Waals surface area contributed by atoms with Crippen molar-refractivity contribution in [3.63, 3.8) is 0 Å². The predicted molar refractivity (Wildman–Crippen MR) is 95.1 cm³/mol. The number of amides is 1. The second-order valence-corrected chi connectivity index (χ2v) is 6.97. The van der Waals surface area contributed by atoms with E-state index in [-0.39, 0.29) is 17.0 Å². The Morgan fingerprint density at radius 1 is 1.17 bits per heavy atom. The Kier molecular flexibility index (Phi) is 5.41. The van der Waals surface area contributed by atoms with Crippen LogP contribution in [0.2, 0.25) is 0 Å². The van der Waals surface area contributed by atoms with Gasteiger partial charge in [-0.25, -0.2) is 4.39 Å². The third-order valence-electron chi connectivity index (χ3n) is 4.22. The van der Waals surface area contributed by atoms with Crippen LogP contribution in [0.4, 0.5) is 4.39 Å². The molecule has 2 aromatic carbocycles. The van der Waals surface area contributed by atoms with Crippen molar-refractivity contribution in [2.45, 2.75) is 11.7 Å². The molecule has 1 saturated heterocycles. The number of benzene rings is 2. The van der Waals surface area contributed by atoms with E-state index in [1.165, 1.54) is 6.07 Å². The largest absolute Gasteiger partial charge is 0.496 e. The zero-order valence-corrected chi connectivity index (χ0v) is 14.4. The molecule has 1 amide bonds. The summed E-state index contributed by atoms with van der Waals surface area (Å²) in [5.74, 6) is 1.19. The van der Waals surface area contributed by atoms with Gasteiger partial charge in [0.25, 0.3) is 5.91 Å². The summed E-state index contributed by atoms with van der Waals surface area (Å²) >= 11 is 1.71. The van der Waals surface area contributed by atoms with Crippen LogP contribution in [0, 0.1) is 5.82 Å². The Bertz CT molecular complexity index is 722. The number of carbonyl (C=O) groups excluding carboxylic acids is 1. The van der Waals surface area contributed by atoms with Crippen LogP contribution in [-0.2, 0) is 0 Å². The van der Waals surface area contributed by atoms with Crippen LogP contribution in [0.15, 0.2) is 48.5 Å². The van der Waals surface area contributed by atoms with Crippen molar-refractivity contribution in [1.29, 1.82) is 0 Å². The molecule has 5 heteroatoms. The van der Waals surface area contributed by atoms with Gasteiger partial charge in [0.05, 0.1) is 12.7 Å².